The van der Waals surface area contributed by atoms with E-state index in [9.17, 15) is 9.59 Å². The molecule has 1 aliphatic heterocycles. The molecule has 0 aliphatic carbocycles. The van der Waals surface area contributed by atoms with Crippen LogP contribution in [-0.2, 0) is 19.0 Å². The first-order valence-electron chi connectivity index (χ1n) is 9.09. The van der Waals surface area contributed by atoms with E-state index in [1.807, 2.05) is 39.0 Å². The molecule has 27 heavy (non-hydrogen) atoms. The smallest absolute Gasteiger partial charge is 0.410 e. The Morgan fingerprint density at radius 3 is 2.30 bits per heavy atom. The maximum absolute atomic E-state index is 12.2. The van der Waals surface area contributed by atoms with Crippen LogP contribution in [-0.4, -0.2) is 56.0 Å². The van der Waals surface area contributed by atoms with Crippen molar-refractivity contribution in [2.75, 3.05) is 27.3 Å². The number of para-hydroxylation sites is 1. The Kier molecular flexibility index (Phi) is 7.07. The fourth-order valence-electron chi connectivity index (χ4n) is 2.92. The number of piperidine rings is 1. The third-order valence-electron chi connectivity index (χ3n) is 4.24. The van der Waals surface area contributed by atoms with Gasteiger partial charge in [0.1, 0.15) is 17.5 Å². The van der Waals surface area contributed by atoms with Crippen LogP contribution < -0.4 is 4.74 Å². The lowest BCUT2D eigenvalue weighted by molar-refractivity contribution is -0.152. The summed E-state index contributed by atoms with van der Waals surface area (Å²) in [7, 11) is 2.78. The number of rotatable bonds is 5. The van der Waals surface area contributed by atoms with Crippen LogP contribution in [0.4, 0.5) is 4.79 Å². The largest absolute Gasteiger partial charge is 0.490 e. The van der Waals surface area contributed by atoms with E-state index < -0.39 is 17.7 Å². The van der Waals surface area contributed by atoms with Gasteiger partial charge < -0.3 is 23.8 Å². The summed E-state index contributed by atoms with van der Waals surface area (Å²) in [5.74, 6) is 0.110. The third kappa shape index (κ3) is 5.85. The molecule has 150 valence electrons. The molecular weight excluding hydrogens is 350 g/mol. The Bertz CT molecular complexity index is 646. The van der Waals surface area contributed by atoms with Gasteiger partial charge in [-0.1, -0.05) is 18.2 Å². The van der Waals surface area contributed by atoms with Gasteiger partial charge in [0.25, 0.3) is 0 Å². The van der Waals surface area contributed by atoms with Gasteiger partial charge in [0.05, 0.1) is 7.11 Å². The molecule has 1 aromatic rings. The number of esters is 1. The molecule has 1 unspecified atom stereocenters. The van der Waals surface area contributed by atoms with Gasteiger partial charge >= 0.3 is 12.1 Å². The van der Waals surface area contributed by atoms with E-state index in [2.05, 4.69) is 0 Å². The molecule has 1 fully saturated rings. The van der Waals surface area contributed by atoms with Crippen molar-refractivity contribution in [3.63, 3.8) is 0 Å². The summed E-state index contributed by atoms with van der Waals surface area (Å²) in [5, 5.41) is 0. The maximum Gasteiger partial charge on any atom is 0.410 e. The minimum Gasteiger partial charge on any atom is -0.490 e. The maximum atomic E-state index is 12.2. The number of hydrogen-bond donors (Lipinski definition) is 0. The van der Waals surface area contributed by atoms with Gasteiger partial charge in [0.15, 0.2) is 6.10 Å². The Balaban J connectivity index is 2.00. The number of hydrogen-bond acceptors (Lipinski definition) is 6. The number of nitrogens with zero attached hydrogens (tertiary/aromatic N) is 1. The van der Waals surface area contributed by atoms with Gasteiger partial charge in [0, 0.05) is 38.6 Å². The Labute approximate surface area is 160 Å². The van der Waals surface area contributed by atoms with Gasteiger partial charge in [-0.25, -0.2) is 9.59 Å². The first kappa shape index (κ1) is 21.0. The van der Waals surface area contributed by atoms with Crippen molar-refractivity contribution < 1.29 is 28.5 Å². The molecule has 0 bridgehead atoms. The molecule has 1 aliphatic rings. The van der Waals surface area contributed by atoms with Gasteiger partial charge in [-0.15, -0.1) is 0 Å². The molecule has 0 aromatic heterocycles. The van der Waals surface area contributed by atoms with Gasteiger partial charge in [-0.3, -0.25) is 0 Å². The Morgan fingerprint density at radius 2 is 1.74 bits per heavy atom. The van der Waals surface area contributed by atoms with Crippen LogP contribution in [0, 0.1) is 0 Å². The van der Waals surface area contributed by atoms with Gasteiger partial charge in [0.2, 0.25) is 0 Å². The number of carbonyl (C=O) groups excluding carboxylic acids is 2. The lowest BCUT2D eigenvalue weighted by atomic mass is 10.1. The molecule has 2 rings (SSSR count). The van der Waals surface area contributed by atoms with E-state index >= 15 is 0 Å². The molecule has 0 spiro atoms. The first-order chi connectivity index (χ1) is 12.7. The fourth-order valence-corrected chi connectivity index (χ4v) is 2.92. The third-order valence-corrected chi connectivity index (χ3v) is 4.24. The van der Waals surface area contributed by atoms with Crippen molar-refractivity contribution in [1.82, 2.24) is 4.90 Å². The van der Waals surface area contributed by atoms with Crippen LogP contribution in [0.5, 0.6) is 5.75 Å². The summed E-state index contributed by atoms with van der Waals surface area (Å²) in [6, 6.07) is 7.27. The van der Waals surface area contributed by atoms with Gasteiger partial charge in [-0.2, -0.15) is 0 Å². The van der Waals surface area contributed by atoms with E-state index in [0.29, 0.717) is 37.2 Å². The van der Waals surface area contributed by atoms with Crippen molar-refractivity contribution in [2.45, 2.75) is 51.4 Å². The van der Waals surface area contributed by atoms with Gasteiger partial charge in [-0.05, 0) is 26.8 Å². The number of ether oxygens (including phenoxy) is 4. The quantitative estimate of drug-likeness (QED) is 0.731. The zero-order valence-electron chi connectivity index (χ0n) is 16.7. The summed E-state index contributed by atoms with van der Waals surface area (Å²) >= 11 is 0. The average Bonchev–Trinajstić information content (AvgIpc) is 2.62. The van der Waals surface area contributed by atoms with Crippen LogP contribution >= 0.6 is 0 Å². The standard InChI is InChI=1S/C20H29NO6/c1-20(2,3)27-19(23)21-12-10-14(11-13-21)26-16-9-7-6-8-15(16)17(24-4)18(22)25-5/h6-9,14,17H,10-13H2,1-5H3. The predicted octanol–water partition coefficient (Wildman–Crippen LogP) is 3.33. The normalized spacial score (nSPS) is 16.6. The lowest BCUT2D eigenvalue weighted by Gasteiger charge is -2.34. The van der Waals surface area contributed by atoms with Crippen LogP contribution in [0.15, 0.2) is 24.3 Å². The second kappa shape index (κ2) is 9.08. The molecule has 1 heterocycles. The van der Waals surface area contributed by atoms with E-state index in [1.54, 1.807) is 11.0 Å². The molecule has 7 nitrogen and oxygen atoms in total. The summed E-state index contributed by atoms with van der Waals surface area (Å²) in [6.45, 7) is 6.68. The van der Waals surface area contributed by atoms with Crippen molar-refractivity contribution in [3.8, 4) is 5.75 Å². The van der Waals surface area contributed by atoms with E-state index in [4.69, 9.17) is 18.9 Å². The molecule has 0 radical (unpaired) electrons. The molecule has 1 aromatic carbocycles. The highest BCUT2D eigenvalue weighted by molar-refractivity contribution is 5.77. The predicted molar refractivity (Wildman–Crippen MR) is 99.7 cm³/mol. The highest BCUT2D eigenvalue weighted by Gasteiger charge is 2.29. The zero-order chi connectivity index (χ0) is 20.0. The SMILES string of the molecule is COC(=O)C(OC)c1ccccc1OC1CCN(C(=O)OC(C)(C)C)CC1. The second-order valence-corrected chi connectivity index (χ2v) is 7.46. The lowest BCUT2D eigenvalue weighted by Crippen LogP contribution is -2.44. The summed E-state index contributed by atoms with van der Waals surface area (Å²) < 4.78 is 21.6. The zero-order valence-corrected chi connectivity index (χ0v) is 16.7. The summed E-state index contributed by atoms with van der Waals surface area (Å²) in [5.41, 5.74) is 0.119. The number of carbonyl (C=O) groups is 2. The number of benzene rings is 1. The van der Waals surface area contributed by atoms with E-state index in [1.165, 1.54) is 14.2 Å². The minimum atomic E-state index is -0.840. The molecule has 1 atom stereocenters. The van der Waals surface area contributed by atoms with Crippen LogP contribution in [0.25, 0.3) is 0 Å². The van der Waals surface area contributed by atoms with Crippen molar-refractivity contribution >= 4 is 12.1 Å². The highest BCUT2D eigenvalue weighted by atomic mass is 16.6. The molecule has 7 heteroatoms. The van der Waals surface area contributed by atoms with Crippen LogP contribution in [0.1, 0.15) is 45.3 Å². The summed E-state index contributed by atoms with van der Waals surface area (Å²) in [4.78, 5) is 25.8. The minimum absolute atomic E-state index is 0.0556. The van der Waals surface area contributed by atoms with E-state index in [0.717, 1.165) is 0 Å². The average molecular weight is 379 g/mol. The topological polar surface area (TPSA) is 74.3 Å². The Hall–Kier alpha value is -2.28. The fraction of sp³-hybridized carbons (Fsp3) is 0.600. The first-order valence-corrected chi connectivity index (χ1v) is 9.09. The van der Waals surface area contributed by atoms with Crippen molar-refractivity contribution in [1.29, 1.82) is 0 Å². The number of methoxy groups -OCH3 is 2. The molecule has 0 N–H and O–H groups in total. The summed E-state index contributed by atoms with van der Waals surface area (Å²) in [6.07, 6.45) is 0.173. The van der Waals surface area contributed by atoms with Crippen LogP contribution in [0.2, 0.25) is 0 Å². The van der Waals surface area contributed by atoms with Crippen molar-refractivity contribution in [3.05, 3.63) is 29.8 Å². The Morgan fingerprint density at radius 1 is 1.11 bits per heavy atom. The number of amides is 1. The molecule has 0 saturated carbocycles. The van der Waals surface area contributed by atoms with Crippen molar-refractivity contribution in [2.24, 2.45) is 0 Å². The van der Waals surface area contributed by atoms with E-state index in [-0.39, 0.29) is 12.2 Å². The highest BCUT2D eigenvalue weighted by Crippen LogP contribution is 2.30. The molecule has 1 amide bonds. The molecular formula is C20H29NO6. The second-order valence-electron chi connectivity index (χ2n) is 7.46. The molecule has 1 saturated heterocycles. The monoisotopic (exact) mass is 379 g/mol. The number of likely N-dealkylation sites (tertiary alicyclic amines) is 1. The van der Waals surface area contributed by atoms with Crippen LogP contribution in [0.3, 0.4) is 0 Å².